The summed E-state index contributed by atoms with van der Waals surface area (Å²) < 4.78 is 82.6. The summed E-state index contributed by atoms with van der Waals surface area (Å²) in [5.41, 5.74) is 2.32. The molecular formula is C15H16F6N4O3. The lowest BCUT2D eigenvalue weighted by atomic mass is 9.95. The van der Waals surface area contributed by atoms with Crippen LogP contribution in [0.15, 0.2) is 18.2 Å². The Morgan fingerprint density at radius 1 is 1.29 bits per heavy atom. The van der Waals surface area contributed by atoms with Crippen LogP contribution in [0.25, 0.3) is 0 Å². The molecule has 2 saturated heterocycles. The molecule has 2 aliphatic heterocycles. The van der Waals surface area contributed by atoms with Gasteiger partial charge < -0.3 is 15.2 Å². The minimum atomic E-state index is -4.78. The second-order valence-corrected chi connectivity index (χ2v) is 6.35. The number of fused-ring (bicyclic) bond motifs is 1. The first-order chi connectivity index (χ1) is 13.0. The van der Waals surface area contributed by atoms with Crippen LogP contribution in [0.2, 0.25) is 0 Å². The van der Waals surface area contributed by atoms with E-state index in [0.29, 0.717) is 0 Å². The highest BCUT2D eigenvalue weighted by Crippen LogP contribution is 2.38. The second-order valence-electron chi connectivity index (χ2n) is 6.35. The van der Waals surface area contributed by atoms with Crippen molar-refractivity contribution in [3.05, 3.63) is 29.6 Å². The number of alkyl halides is 5. The third-order valence-corrected chi connectivity index (χ3v) is 4.62. The number of benzene rings is 1. The first-order valence-electron chi connectivity index (χ1n) is 8.09. The molecule has 0 saturated carbocycles. The minimum Gasteiger partial charge on any atom is -0.432 e. The number of nitrogens with one attached hydrogen (secondary N) is 3. The highest BCUT2D eigenvalue weighted by molar-refractivity contribution is 5.81. The Labute approximate surface area is 154 Å². The molecule has 28 heavy (non-hydrogen) atoms. The highest BCUT2D eigenvalue weighted by Gasteiger charge is 2.59. The molecule has 1 aromatic rings. The van der Waals surface area contributed by atoms with Crippen molar-refractivity contribution in [1.82, 2.24) is 21.1 Å². The van der Waals surface area contributed by atoms with Crippen LogP contribution in [0, 0.1) is 11.7 Å². The van der Waals surface area contributed by atoms with Crippen molar-refractivity contribution in [3.63, 3.8) is 0 Å². The Hall–Kier alpha value is -2.09. The van der Waals surface area contributed by atoms with Crippen molar-refractivity contribution >= 4 is 5.91 Å². The van der Waals surface area contributed by atoms with Crippen LogP contribution >= 0.6 is 0 Å². The number of hydrogen-bond donors (Lipinski definition) is 4. The predicted molar refractivity (Wildman–Crippen MR) is 80.8 cm³/mol. The normalized spacial score (nSPS) is 29.5. The van der Waals surface area contributed by atoms with Crippen LogP contribution in [0.1, 0.15) is 18.5 Å². The molecule has 0 spiro atoms. The fourth-order valence-electron chi connectivity index (χ4n) is 3.35. The highest BCUT2D eigenvalue weighted by atomic mass is 19.4. The molecule has 5 atom stereocenters. The van der Waals surface area contributed by atoms with Gasteiger partial charge in [-0.2, -0.15) is 22.0 Å². The maximum atomic E-state index is 14.0. The summed E-state index contributed by atoms with van der Waals surface area (Å²) in [6.45, 7) is -1.82. The van der Waals surface area contributed by atoms with E-state index in [0.717, 1.165) is 17.1 Å². The van der Waals surface area contributed by atoms with Gasteiger partial charge >= 0.3 is 12.8 Å². The number of aliphatic hydroxyl groups excluding tert-OH is 1. The monoisotopic (exact) mass is 414 g/mol. The van der Waals surface area contributed by atoms with Crippen LogP contribution in [0.5, 0.6) is 5.75 Å². The molecule has 2 fully saturated rings. The molecule has 0 radical (unpaired) electrons. The quantitative estimate of drug-likeness (QED) is 0.554. The zero-order valence-corrected chi connectivity index (χ0v) is 14.2. The lowest BCUT2D eigenvalue weighted by Gasteiger charge is -2.37. The number of ether oxygens (including phenoxy) is 1. The van der Waals surface area contributed by atoms with Gasteiger partial charge in [0.05, 0.1) is 12.1 Å². The number of hydrazine groups is 1. The van der Waals surface area contributed by atoms with E-state index in [1.165, 1.54) is 13.0 Å². The Kier molecular flexibility index (Phi) is 5.44. The van der Waals surface area contributed by atoms with Gasteiger partial charge in [-0.25, -0.2) is 14.8 Å². The van der Waals surface area contributed by atoms with Gasteiger partial charge in [-0.05, 0) is 24.6 Å². The number of nitrogens with zero attached hydrogens (tertiary/aromatic N) is 1. The van der Waals surface area contributed by atoms with E-state index in [2.05, 4.69) is 15.5 Å². The smallest absolute Gasteiger partial charge is 0.406 e. The van der Waals surface area contributed by atoms with E-state index in [-0.39, 0.29) is 5.56 Å². The average Bonchev–Trinajstić information content (AvgIpc) is 2.95. The van der Waals surface area contributed by atoms with Gasteiger partial charge in [0, 0.05) is 6.04 Å². The maximum absolute atomic E-state index is 14.0. The van der Waals surface area contributed by atoms with Crippen LogP contribution < -0.4 is 20.8 Å². The van der Waals surface area contributed by atoms with Crippen LogP contribution in [-0.4, -0.2) is 47.4 Å². The van der Waals surface area contributed by atoms with Gasteiger partial charge in [-0.15, -0.1) is 0 Å². The number of aliphatic hydroxyl groups is 1. The number of halogens is 6. The second kappa shape index (κ2) is 7.39. The van der Waals surface area contributed by atoms with E-state index in [9.17, 15) is 36.2 Å². The molecular weight excluding hydrogens is 398 g/mol. The van der Waals surface area contributed by atoms with Crippen molar-refractivity contribution in [2.75, 3.05) is 0 Å². The predicted octanol–water partition coefficient (Wildman–Crippen LogP) is 1.18. The Morgan fingerprint density at radius 3 is 2.54 bits per heavy atom. The minimum absolute atomic E-state index is 0.135. The maximum Gasteiger partial charge on any atom is 0.406 e. The molecule has 1 amide bonds. The molecule has 2 aliphatic rings. The van der Waals surface area contributed by atoms with Crippen LogP contribution in [0.3, 0.4) is 0 Å². The van der Waals surface area contributed by atoms with Gasteiger partial charge in [-0.3, -0.25) is 10.1 Å². The Morgan fingerprint density at radius 2 is 1.96 bits per heavy atom. The van der Waals surface area contributed by atoms with Crippen LogP contribution in [-0.2, 0) is 4.79 Å². The van der Waals surface area contributed by atoms with E-state index < -0.39 is 60.8 Å². The van der Waals surface area contributed by atoms with Crippen molar-refractivity contribution in [2.45, 2.75) is 44.3 Å². The number of amides is 1. The van der Waals surface area contributed by atoms with Crippen molar-refractivity contribution in [1.29, 1.82) is 0 Å². The van der Waals surface area contributed by atoms with E-state index in [4.69, 9.17) is 0 Å². The van der Waals surface area contributed by atoms with Crippen LogP contribution in [0.4, 0.5) is 26.3 Å². The van der Waals surface area contributed by atoms with Crippen molar-refractivity contribution in [2.24, 2.45) is 5.92 Å². The lowest BCUT2D eigenvalue weighted by Crippen LogP contribution is -2.65. The SMILES string of the molecule is CC(c1ccc(OC(F)F)c(F)c1)N1NC(C(F)(F)F)C2C(=O)NC(O)NC21. The summed E-state index contributed by atoms with van der Waals surface area (Å²) in [7, 11) is 0. The van der Waals surface area contributed by atoms with E-state index in [1.54, 1.807) is 0 Å². The molecule has 4 N–H and O–H groups in total. The van der Waals surface area contributed by atoms with Gasteiger partial charge in [0.15, 0.2) is 17.9 Å². The fourth-order valence-corrected chi connectivity index (χ4v) is 3.35. The summed E-state index contributed by atoms with van der Waals surface area (Å²) in [6.07, 6.45) is -7.61. The zero-order valence-electron chi connectivity index (χ0n) is 14.2. The number of hydrogen-bond acceptors (Lipinski definition) is 6. The van der Waals surface area contributed by atoms with Crippen molar-refractivity contribution in [3.8, 4) is 5.75 Å². The third kappa shape index (κ3) is 3.87. The van der Waals surface area contributed by atoms with Crippen molar-refractivity contribution < 1.29 is 41.0 Å². The molecule has 1 aromatic carbocycles. The summed E-state index contributed by atoms with van der Waals surface area (Å²) in [5, 5.41) is 15.1. The molecule has 0 aliphatic carbocycles. The topological polar surface area (TPSA) is 85.9 Å². The molecule has 2 heterocycles. The first kappa shape index (κ1) is 20.6. The Bertz CT molecular complexity index is 749. The molecule has 156 valence electrons. The van der Waals surface area contributed by atoms with E-state index in [1.807, 2.05) is 5.32 Å². The van der Waals surface area contributed by atoms with Gasteiger partial charge in [0.1, 0.15) is 6.04 Å². The first-order valence-corrected chi connectivity index (χ1v) is 8.09. The Balaban J connectivity index is 1.89. The largest absolute Gasteiger partial charge is 0.432 e. The fraction of sp³-hybridized carbons (Fsp3) is 0.533. The third-order valence-electron chi connectivity index (χ3n) is 4.62. The van der Waals surface area contributed by atoms with Gasteiger partial charge in [0.2, 0.25) is 5.91 Å². The summed E-state index contributed by atoms with van der Waals surface area (Å²) in [5.74, 6) is -4.45. The van der Waals surface area contributed by atoms with Gasteiger partial charge in [-0.1, -0.05) is 6.07 Å². The molecule has 5 unspecified atom stereocenters. The average molecular weight is 414 g/mol. The molecule has 0 bridgehead atoms. The lowest BCUT2D eigenvalue weighted by molar-refractivity contribution is -0.172. The van der Waals surface area contributed by atoms with Gasteiger partial charge in [0.25, 0.3) is 0 Å². The zero-order chi connectivity index (χ0) is 20.8. The molecule has 3 rings (SSSR count). The number of carbonyl (C=O) groups excluding carboxylic acids is 1. The van der Waals surface area contributed by atoms with E-state index >= 15 is 0 Å². The number of rotatable bonds is 4. The molecule has 0 aromatic heterocycles. The standard InChI is InChI=1S/C15H16F6N4O3/c1-5(6-2-3-8(7(16)4-6)28-13(17)18)25-11-9(10(24-25)15(19,20)21)12(26)23-14(27)22-11/h2-5,9-11,13-14,22,24,27H,1H3,(H,23,26). The summed E-state index contributed by atoms with van der Waals surface area (Å²) in [4.78, 5) is 12.0. The number of carbonyl (C=O) groups is 1. The summed E-state index contributed by atoms with van der Waals surface area (Å²) >= 11 is 0. The molecule has 13 heteroatoms. The molecule has 7 nitrogen and oxygen atoms in total. The summed E-state index contributed by atoms with van der Waals surface area (Å²) in [6, 6.07) is -0.188.